The molecule has 0 aliphatic carbocycles. The fraction of sp³-hybridized carbons (Fsp3) is 0.118. The SMILES string of the molecule is Cc1ncc(CNC(=O)c2ccc(-c3ccccc3)[nH]c2=O)s1. The largest absolute Gasteiger partial charge is 0.347 e. The lowest BCUT2D eigenvalue weighted by atomic mass is 10.1. The number of aryl methyl sites for hydroxylation is 1. The predicted molar refractivity (Wildman–Crippen MR) is 90.5 cm³/mol. The van der Waals surface area contributed by atoms with Crippen molar-refractivity contribution in [2.75, 3.05) is 0 Å². The molecular formula is C17H15N3O2S. The Labute approximate surface area is 137 Å². The summed E-state index contributed by atoms with van der Waals surface area (Å²) < 4.78 is 0. The smallest absolute Gasteiger partial charge is 0.261 e. The molecule has 0 saturated heterocycles. The number of thiazole rings is 1. The molecule has 0 unspecified atom stereocenters. The van der Waals surface area contributed by atoms with Gasteiger partial charge >= 0.3 is 0 Å². The highest BCUT2D eigenvalue weighted by Crippen LogP contribution is 2.15. The first-order valence-electron chi connectivity index (χ1n) is 7.12. The molecule has 1 aromatic carbocycles. The summed E-state index contributed by atoms with van der Waals surface area (Å²) >= 11 is 1.52. The fourth-order valence-electron chi connectivity index (χ4n) is 2.19. The Morgan fingerprint density at radius 2 is 2.00 bits per heavy atom. The van der Waals surface area contributed by atoms with E-state index in [0.717, 1.165) is 15.4 Å². The van der Waals surface area contributed by atoms with Crippen LogP contribution in [0.3, 0.4) is 0 Å². The number of H-pyrrole nitrogens is 1. The summed E-state index contributed by atoms with van der Waals surface area (Å²) in [5.41, 5.74) is 1.29. The van der Waals surface area contributed by atoms with Crippen LogP contribution in [-0.2, 0) is 6.54 Å². The molecule has 0 atom stereocenters. The third-order valence-corrected chi connectivity index (χ3v) is 4.24. The van der Waals surface area contributed by atoms with Crippen molar-refractivity contribution in [1.29, 1.82) is 0 Å². The first-order chi connectivity index (χ1) is 11.1. The van der Waals surface area contributed by atoms with Gasteiger partial charge in [-0.05, 0) is 24.6 Å². The number of hydrogen-bond donors (Lipinski definition) is 2. The third kappa shape index (κ3) is 3.54. The van der Waals surface area contributed by atoms with E-state index in [1.807, 2.05) is 37.3 Å². The van der Waals surface area contributed by atoms with Crippen molar-refractivity contribution >= 4 is 17.2 Å². The minimum atomic E-state index is -0.399. The number of aromatic nitrogens is 2. The maximum Gasteiger partial charge on any atom is 0.261 e. The normalized spacial score (nSPS) is 10.5. The van der Waals surface area contributed by atoms with E-state index < -0.39 is 11.5 Å². The molecule has 2 heterocycles. The van der Waals surface area contributed by atoms with Crippen LogP contribution in [0, 0.1) is 6.92 Å². The van der Waals surface area contributed by atoms with Crippen molar-refractivity contribution in [3.8, 4) is 11.3 Å². The molecule has 0 radical (unpaired) electrons. The summed E-state index contributed by atoms with van der Waals surface area (Å²) in [5, 5.41) is 3.68. The third-order valence-electron chi connectivity index (χ3n) is 3.33. The van der Waals surface area contributed by atoms with Crippen molar-refractivity contribution in [3.63, 3.8) is 0 Å². The molecule has 0 spiro atoms. The Morgan fingerprint density at radius 3 is 2.65 bits per heavy atom. The average Bonchev–Trinajstić information content (AvgIpc) is 2.99. The first-order valence-corrected chi connectivity index (χ1v) is 7.93. The van der Waals surface area contributed by atoms with Gasteiger partial charge in [0.2, 0.25) is 0 Å². The van der Waals surface area contributed by atoms with E-state index in [4.69, 9.17) is 0 Å². The van der Waals surface area contributed by atoms with Gasteiger partial charge in [0.15, 0.2) is 0 Å². The monoisotopic (exact) mass is 325 g/mol. The minimum absolute atomic E-state index is 0.103. The predicted octanol–water partition coefficient (Wildman–Crippen LogP) is 2.74. The summed E-state index contributed by atoms with van der Waals surface area (Å²) in [6.45, 7) is 2.27. The Morgan fingerprint density at radius 1 is 1.22 bits per heavy atom. The van der Waals surface area contributed by atoms with Crippen LogP contribution < -0.4 is 10.9 Å². The van der Waals surface area contributed by atoms with Crippen molar-refractivity contribution in [2.45, 2.75) is 13.5 Å². The van der Waals surface area contributed by atoms with Crippen LogP contribution >= 0.6 is 11.3 Å². The van der Waals surface area contributed by atoms with Crippen molar-refractivity contribution in [2.24, 2.45) is 0 Å². The molecule has 116 valence electrons. The number of pyridine rings is 1. The van der Waals surface area contributed by atoms with Crippen LogP contribution in [-0.4, -0.2) is 15.9 Å². The molecule has 3 aromatic rings. The molecule has 2 aromatic heterocycles. The van der Waals surface area contributed by atoms with E-state index in [2.05, 4.69) is 15.3 Å². The first kappa shape index (κ1) is 15.2. The van der Waals surface area contributed by atoms with Gasteiger partial charge in [0.05, 0.1) is 11.6 Å². The van der Waals surface area contributed by atoms with Crippen molar-refractivity contribution in [1.82, 2.24) is 15.3 Å². The number of aromatic amines is 1. The van der Waals surface area contributed by atoms with Gasteiger partial charge in [-0.25, -0.2) is 4.98 Å². The van der Waals surface area contributed by atoms with Crippen molar-refractivity contribution in [3.05, 3.63) is 74.5 Å². The molecule has 0 fully saturated rings. The number of nitrogens with one attached hydrogen (secondary N) is 2. The van der Waals surface area contributed by atoms with E-state index in [1.165, 1.54) is 11.3 Å². The maximum atomic E-state index is 12.1. The molecule has 0 aliphatic rings. The van der Waals surface area contributed by atoms with Gasteiger partial charge in [0, 0.05) is 16.8 Å². The van der Waals surface area contributed by atoms with Crippen LogP contribution in [0.1, 0.15) is 20.2 Å². The molecule has 0 saturated carbocycles. The Bertz CT molecular complexity index is 884. The summed E-state index contributed by atoms with van der Waals surface area (Å²) in [6.07, 6.45) is 1.73. The summed E-state index contributed by atoms with van der Waals surface area (Å²) in [5.74, 6) is -0.392. The standard InChI is InChI=1S/C17H15N3O2S/c1-11-18-9-13(23-11)10-19-16(21)14-7-8-15(20-17(14)22)12-5-3-2-4-6-12/h2-9H,10H2,1H3,(H,19,21)(H,20,22). The van der Waals surface area contributed by atoms with Crippen LogP contribution in [0.2, 0.25) is 0 Å². The zero-order valence-corrected chi connectivity index (χ0v) is 13.3. The van der Waals surface area contributed by atoms with Crippen LogP contribution in [0.5, 0.6) is 0 Å². The van der Waals surface area contributed by atoms with E-state index in [-0.39, 0.29) is 5.56 Å². The van der Waals surface area contributed by atoms with Gasteiger partial charge < -0.3 is 10.3 Å². The zero-order chi connectivity index (χ0) is 16.2. The number of hydrogen-bond acceptors (Lipinski definition) is 4. The zero-order valence-electron chi connectivity index (χ0n) is 12.5. The fourth-order valence-corrected chi connectivity index (χ4v) is 2.92. The van der Waals surface area contributed by atoms with Gasteiger partial charge in [-0.1, -0.05) is 30.3 Å². The van der Waals surface area contributed by atoms with Gasteiger partial charge in [0.1, 0.15) is 5.56 Å². The van der Waals surface area contributed by atoms with Gasteiger partial charge in [-0.3, -0.25) is 9.59 Å². The second kappa shape index (κ2) is 6.58. The highest BCUT2D eigenvalue weighted by atomic mass is 32.1. The average molecular weight is 325 g/mol. The lowest BCUT2D eigenvalue weighted by Gasteiger charge is -2.05. The van der Waals surface area contributed by atoms with Gasteiger partial charge in [-0.2, -0.15) is 0 Å². The number of carbonyl (C=O) groups is 1. The van der Waals surface area contributed by atoms with Gasteiger partial charge in [-0.15, -0.1) is 11.3 Å². The van der Waals surface area contributed by atoms with E-state index in [1.54, 1.807) is 18.3 Å². The Hall–Kier alpha value is -2.73. The molecule has 1 amide bonds. The quantitative estimate of drug-likeness (QED) is 0.774. The van der Waals surface area contributed by atoms with Crippen LogP contribution in [0.15, 0.2) is 53.5 Å². The number of carbonyl (C=O) groups excluding carboxylic acids is 1. The molecular weight excluding hydrogens is 310 g/mol. The maximum absolute atomic E-state index is 12.1. The molecule has 5 nitrogen and oxygen atoms in total. The Kier molecular flexibility index (Phi) is 4.34. The number of amides is 1. The van der Waals surface area contributed by atoms with Crippen LogP contribution in [0.4, 0.5) is 0 Å². The van der Waals surface area contributed by atoms with Crippen molar-refractivity contribution < 1.29 is 4.79 Å². The summed E-state index contributed by atoms with van der Waals surface area (Å²) in [7, 11) is 0. The van der Waals surface area contributed by atoms with Crippen LogP contribution in [0.25, 0.3) is 11.3 Å². The molecule has 2 N–H and O–H groups in total. The molecule has 3 rings (SSSR count). The lowest BCUT2D eigenvalue weighted by molar-refractivity contribution is 0.0950. The highest BCUT2D eigenvalue weighted by Gasteiger charge is 2.11. The molecule has 0 aliphatic heterocycles. The number of rotatable bonds is 4. The topological polar surface area (TPSA) is 74.8 Å². The summed E-state index contributed by atoms with van der Waals surface area (Å²) in [4.78, 5) is 32.1. The molecule has 23 heavy (non-hydrogen) atoms. The highest BCUT2D eigenvalue weighted by molar-refractivity contribution is 7.11. The van der Waals surface area contributed by atoms with E-state index >= 15 is 0 Å². The lowest BCUT2D eigenvalue weighted by Crippen LogP contribution is -2.29. The van der Waals surface area contributed by atoms with E-state index in [0.29, 0.717) is 12.2 Å². The molecule has 0 bridgehead atoms. The number of benzene rings is 1. The van der Waals surface area contributed by atoms with Gasteiger partial charge in [0.25, 0.3) is 11.5 Å². The number of nitrogens with zero attached hydrogens (tertiary/aromatic N) is 1. The Balaban J connectivity index is 1.75. The second-order valence-electron chi connectivity index (χ2n) is 5.01. The van der Waals surface area contributed by atoms with E-state index in [9.17, 15) is 9.59 Å². The summed E-state index contributed by atoms with van der Waals surface area (Å²) in [6, 6.07) is 12.8. The molecule has 6 heteroatoms. The second-order valence-corrected chi connectivity index (χ2v) is 6.33. The minimum Gasteiger partial charge on any atom is -0.347 e.